The Kier molecular flexibility index (Phi) is 18.4. The normalized spacial score (nSPS) is 13.2. The van der Waals surface area contributed by atoms with Crippen molar-refractivity contribution in [2.45, 2.75) is 12.8 Å². The minimum absolute atomic E-state index is 0. The van der Waals surface area contributed by atoms with Crippen LogP contribution >= 0.6 is 0 Å². The van der Waals surface area contributed by atoms with Gasteiger partial charge < -0.3 is 15.0 Å². The van der Waals surface area contributed by atoms with Gasteiger partial charge in [0.15, 0.2) is 13.1 Å². The van der Waals surface area contributed by atoms with Gasteiger partial charge in [0.25, 0.3) is 0 Å². The molecule has 1 fully saturated rings. The van der Waals surface area contributed by atoms with Crippen molar-refractivity contribution in [1.29, 1.82) is 0 Å². The predicted molar refractivity (Wildman–Crippen MR) is 44.9 cm³/mol. The number of hydrogen-bond acceptors (Lipinski definition) is 3. The zero-order valence-corrected chi connectivity index (χ0v) is 5.45. The van der Waals surface area contributed by atoms with Gasteiger partial charge >= 0.3 is 59.1 Å². The molecule has 0 spiro atoms. The summed E-state index contributed by atoms with van der Waals surface area (Å²) in [6.45, 7) is 1.53. The minimum atomic E-state index is -2.08. The van der Waals surface area contributed by atoms with E-state index in [-0.39, 0.29) is 59.1 Å². The molecule has 1 heterocycles. The zero-order valence-electron chi connectivity index (χ0n) is 5.45. The van der Waals surface area contributed by atoms with Crippen LogP contribution < -0.4 is 5.11 Å². The van der Waals surface area contributed by atoms with Crippen LogP contribution in [0, 0.1) is 4.91 Å². The fraction of sp³-hybridized carbons (Fsp3) is 0.800. The Balaban J connectivity index is -0.000000124. The van der Waals surface area contributed by atoms with Crippen LogP contribution in [0.3, 0.4) is 0 Å². The average Bonchev–Trinajstić information content (AvgIpc) is 2.15. The Bertz CT molecular complexity index is 129. The second-order valence-electron chi connectivity index (χ2n) is 1.90. The second kappa shape index (κ2) is 11.9. The summed E-state index contributed by atoms with van der Waals surface area (Å²) in [4.78, 5) is 18.6. The zero-order chi connectivity index (χ0) is 7.98. The van der Waals surface area contributed by atoms with Gasteiger partial charge in [-0.1, -0.05) is 0 Å². The van der Waals surface area contributed by atoms with E-state index in [2.05, 4.69) is 0 Å². The third-order valence-corrected chi connectivity index (χ3v) is 1.07. The van der Waals surface area contributed by atoms with E-state index in [1.54, 1.807) is 0 Å². The number of nitrogens with zero attached hydrogens (tertiary/aromatic N) is 1. The molecular formula is C5H11NNa2O4. The molecule has 1 N–H and O–H groups in total. The Morgan fingerprint density at radius 3 is 1.58 bits per heavy atom. The van der Waals surface area contributed by atoms with Gasteiger partial charge in [0.2, 0.25) is 6.16 Å². The van der Waals surface area contributed by atoms with E-state index in [1.807, 2.05) is 0 Å². The summed E-state index contributed by atoms with van der Waals surface area (Å²) < 4.78 is 1.11. The van der Waals surface area contributed by atoms with Gasteiger partial charge in [-0.3, -0.25) is 0 Å². The first-order chi connectivity index (χ1) is 4.63. The number of carboxylic acid groups (broad SMARTS) is 2. The molecular weight excluding hydrogens is 184 g/mol. The third kappa shape index (κ3) is 17.1. The van der Waals surface area contributed by atoms with Crippen LogP contribution in [0.15, 0.2) is 0 Å². The third-order valence-electron chi connectivity index (χ3n) is 1.07. The molecule has 0 aliphatic carbocycles. The van der Waals surface area contributed by atoms with Crippen molar-refractivity contribution in [1.82, 2.24) is 0 Å². The molecule has 0 saturated carbocycles. The predicted octanol–water partition coefficient (Wildman–Crippen LogP) is -1.85. The fourth-order valence-electron chi connectivity index (χ4n) is 0.688. The van der Waals surface area contributed by atoms with Gasteiger partial charge in [-0.15, -0.1) is 0 Å². The molecule has 0 bridgehead atoms. The van der Waals surface area contributed by atoms with E-state index in [4.69, 9.17) is 15.0 Å². The van der Waals surface area contributed by atoms with Crippen LogP contribution in [0.5, 0.6) is 0 Å². The van der Waals surface area contributed by atoms with Crippen molar-refractivity contribution in [3.8, 4) is 0 Å². The Hall–Kier alpha value is 0.870. The standard InChI is InChI=1S/C4H8NO.CH2O3.2Na.2H/c6-5-3-1-2-4-5;2-1(3)4;;;;/h1-4H2;(H2,2,3,4);;;;/q+1;;;;;/p-1. The Morgan fingerprint density at radius 2 is 1.50 bits per heavy atom. The van der Waals surface area contributed by atoms with Gasteiger partial charge in [0, 0.05) is 17.7 Å². The summed E-state index contributed by atoms with van der Waals surface area (Å²) in [5, 5.41) is 15.3. The van der Waals surface area contributed by atoms with Crippen molar-refractivity contribution in [3.63, 3.8) is 0 Å². The fourth-order valence-corrected chi connectivity index (χ4v) is 0.688. The molecule has 12 heavy (non-hydrogen) atoms. The Labute approximate surface area is 115 Å². The van der Waals surface area contributed by atoms with Gasteiger partial charge in [0.1, 0.15) is 0 Å². The first-order valence-corrected chi connectivity index (χ1v) is 2.95. The Morgan fingerprint density at radius 1 is 1.25 bits per heavy atom. The average molecular weight is 195 g/mol. The molecule has 0 amide bonds. The summed E-state index contributed by atoms with van der Waals surface area (Å²) in [7, 11) is 0. The maximum atomic E-state index is 10.2. The molecule has 62 valence electrons. The molecule has 1 rings (SSSR count). The van der Waals surface area contributed by atoms with Crippen molar-refractivity contribution in [3.05, 3.63) is 4.91 Å². The van der Waals surface area contributed by atoms with E-state index in [9.17, 15) is 4.91 Å². The van der Waals surface area contributed by atoms with Gasteiger partial charge in [-0.05, 0) is 4.76 Å². The van der Waals surface area contributed by atoms with Crippen LogP contribution in [0.1, 0.15) is 12.8 Å². The molecule has 1 saturated heterocycles. The topological polar surface area (TPSA) is 80.4 Å². The molecule has 5 nitrogen and oxygen atoms in total. The van der Waals surface area contributed by atoms with Crippen LogP contribution in [-0.4, -0.2) is 88.2 Å². The number of hydrogen-bond donors (Lipinski definition) is 1. The molecule has 0 aromatic heterocycles. The van der Waals surface area contributed by atoms with Crippen molar-refractivity contribution < 1.29 is 19.8 Å². The van der Waals surface area contributed by atoms with Crippen molar-refractivity contribution in [2.24, 2.45) is 0 Å². The summed E-state index contributed by atoms with van der Waals surface area (Å²) in [6.07, 6.45) is 0.118. The summed E-state index contributed by atoms with van der Waals surface area (Å²) >= 11 is 0. The second-order valence-corrected chi connectivity index (χ2v) is 1.90. The number of nitroso groups, excluding NO2 is 1. The number of rotatable bonds is 0. The molecule has 0 aromatic rings. The number of carbonyl (C=O) groups is 1. The van der Waals surface area contributed by atoms with Gasteiger partial charge in [-0.2, -0.15) is 0 Å². The molecule has 0 atom stereocenters. The molecule has 1 aliphatic heterocycles. The van der Waals surface area contributed by atoms with Gasteiger partial charge in [0.05, 0.1) is 0 Å². The maximum absolute atomic E-state index is 10.2. The van der Waals surface area contributed by atoms with Gasteiger partial charge in [-0.25, -0.2) is 0 Å². The summed E-state index contributed by atoms with van der Waals surface area (Å²) in [5.74, 6) is 0. The molecule has 0 radical (unpaired) electrons. The van der Waals surface area contributed by atoms with E-state index in [0.29, 0.717) is 0 Å². The van der Waals surface area contributed by atoms with Crippen LogP contribution in [0.25, 0.3) is 0 Å². The van der Waals surface area contributed by atoms with E-state index in [1.165, 1.54) is 0 Å². The van der Waals surface area contributed by atoms with Crippen LogP contribution in [-0.2, 0) is 0 Å². The van der Waals surface area contributed by atoms with E-state index < -0.39 is 6.16 Å². The van der Waals surface area contributed by atoms with Crippen molar-refractivity contribution >= 4 is 65.3 Å². The quantitative estimate of drug-likeness (QED) is 0.363. The summed E-state index contributed by atoms with van der Waals surface area (Å²) in [6, 6.07) is 0. The first-order valence-electron chi connectivity index (χ1n) is 2.95. The van der Waals surface area contributed by atoms with Crippen LogP contribution in [0.4, 0.5) is 4.79 Å². The van der Waals surface area contributed by atoms with E-state index >= 15 is 0 Å². The monoisotopic (exact) mass is 195 g/mol. The molecule has 7 heteroatoms. The van der Waals surface area contributed by atoms with Crippen molar-refractivity contribution in [2.75, 3.05) is 13.1 Å². The first kappa shape index (κ1) is 18.6. The molecule has 0 unspecified atom stereocenters. The molecule has 0 aromatic carbocycles. The van der Waals surface area contributed by atoms with E-state index in [0.717, 1.165) is 30.7 Å². The molecule has 1 aliphatic rings. The SMILES string of the molecule is O=C([O-])O.O=[N+]1CCCC1.[NaH].[NaH]. The summed E-state index contributed by atoms with van der Waals surface area (Å²) in [5.41, 5.74) is 0. The van der Waals surface area contributed by atoms with Crippen LogP contribution in [0.2, 0.25) is 0 Å².